The quantitative estimate of drug-likeness (QED) is 0.358. The number of likely N-dealkylation sites (N-methyl/N-ethyl adjacent to an activating group) is 2. The SMILES string of the molecule is CN1CCCN(C)CCN(Cc2ccc3cccc(O)c3n2)CCSCCN(Cc2ccc3cccc(O)c3n2)CC1. The number of fused-ring (bicyclic) bond motifs is 2. The van der Waals surface area contributed by atoms with Crippen LogP contribution in [0.2, 0.25) is 0 Å². The first-order chi connectivity index (χ1) is 20.4. The molecule has 0 saturated carbocycles. The molecular weight excluding hydrogens is 544 g/mol. The van der Waals surface area contributed by atoms with E-state index in [9.17, 15) is 10.2 Å². The van der Waals surface area contributed by atoms with Gasteiger partial charge in [0.2, 0.25) is 0 Å². The van der Waals surface area contributed by atoms with E-state index in [2.05, 4.69) is 58.0 Å². The monoisotopic (exact) mass is 588 g/mol. The largest absolute Gasteiger partial charge is 0.506 e. The van der Waals surface area contributed by atoms with Crippen molar-refractivity contribution < 1.29 is 10.2 Å². The fraction of sp³-hybridized carbons (Fsp3) is 0.455. The van der Waals surface area contributed by atoms with E-state index in [-0.39, 0.29) is 11.5 Å². The third-order valence-electron chi connectivity index (χ3n) is 8.06. The Bertz CT molecular complexity index is 1350. The summed E-state index contributed by atoms with van der Waals surface area (Å²) in [5.41, 5.74) is 3.34. The van der Waals surface area contributed by atoms with Crippen LogP contribution in [0.5, 0.6) is 11.5 Å². The van der Waals surface area contributed by atoms with E-state index in [4.69, 9.17) is 9.97 Å². The third-order valence-corrected chi connectivity index (χ3v) is 9.01. The molecule has 1 fully saturated rings. The van der Waals surface area contributed by atoms with Crippen LogP contribution in [0, 0.1) is 0 Å². The Kier molecular flexibility index (Phi) is 10.9. The van der Waals surface area contributed by atoms with Crippen molar-refractivity contribution in [1.29, 1.82) is 0 Å². The van der Waals surface area contributed by atoms with Gasteiger partial charge < -0.3 is 20.0 Å². The number of nitrogens with zero attached hydrogens (tertiary/aromatic N) is 6. The van der Waals surface area contributed by atoms with Gasteiger partial charge in [-0.25, -0.2) is 9.97 Å². The molecule has 3 heterocycles. The maximum atomic E-state index is 10.3. The lowest BCUT2D eigenvalue weighted by molar-refractivity contribution is 0.204. The highest BCUT2D eigenvalue weighted by molar-refractivity contribution is 7.99. The number of hydrogen-bond donors (Lipinski definition) is 2. The number of para-hydroxylation sites is 2. The maximum Gasteiger partial charge on any atom is 0.141 e. The number of hydrogen-bond acceptors (Lipinski definition) is 9. The summed E-state index contributed by atoms with van der Waals surface area (Å²) in [6.07, 6.45) is 1.14. The van der Waals surface area contributed by atoms with Crippen LogP contribution in [0.4, 0.5) is 0 Å². The smallest absolute Gasteiger partial charge is 0.141 e. The van der Waals surface area contributed by atoms with Gasteiger partial charge in [-0.15, -0.1) is 0 Å². The van der Waals surface area contributed by atoms with Gasteiger partial charge >= 0.3 is 0 Å². The van der Waals surface area contributed by atoms with Gasteiger partial charge in [-0.05, 0) is 57.9 Å². The lowest BCUT2D eigenvalue weighted by Crippen LogP contribution is -2.38. The summed E-state index contributed by atoms with van der Waals surface area (Å²) < 4.78 is 0. The van der Waals surface area contributed by atoms with Gasteiger partial charge in [-0.1, -0.05) is 36.4 Å². The molecular formula is C33H44N6O2S. The van der Waals surface area contributed by atoms with Crippen LogP contribution in [-0.2, 0) is 13.1 Å². The minimum atomic E-state index is 0.239. The number of phenolic OH excluding ortho intramolecular Hbond substituents is 2. The predicted molar refractivity (Wildman–Crippen MR) is 174 cm³/mol. The lowest BCUT2D eigenvalue weighted by atomic mass is 10.2. The molecule has 2 aromatic carbocycles. The number of aromatic nitrogens is 2. The zero-order chi connectivity index (χ0) is 29.3. The number of aromatic hydroxyl groups is 2. The Labute approximate surface area is 254 Å². The Morgan fingerprint density at radius 3 is 1.55 bits per heavy atom. The molecule has 224 valence electrons. The molecule has 0 spiro atoms. The first-order valence-electron chi connectivity index (χ1n) is 15.0. The summed E-state index contributed by atoms with van der Waals surface area (Å²) in [4.78, 5) is 19.5. The maximum absolute atomic E-state index is 10.3. The molecule has 1 saturated heterocycles. The van der Waals surface area contributed by atoms with Crippen molar-refractivity contribution >= 4 is 33.6 Å². The van der Waals surface area contributed by atoms with Crippen molar-refractivity contribution in [2.75, 3.05) is 78.0 Å². The zero-order valence-electron chi connectivity index (χ0n) is 25.0. The molecule has 42 heavy (non-hydrogen) atoms. The Morgan fingerprint density at radius 1 is 0.595 bits per heavy atom. The lowest BCUT2D eigenvalue weighted by Gasteiger charge is -2.28. The number of phenols is 2. The molecule has 0 bridgehead atoms. The van der Waals surface area contributed by atoms with Crippen LogP contribution in [-0.4, -0.2) is 118 Å². The predicted octanol–water partition coefficient (Wildman–Crippen LogP) is 4.50. The number of benzene rings is 2. The van der Waals surface area contributed by atoms with Gasteiger partial charge in [-0.3, -0.25) is 9.80 Å². The van der Waals surface area contributed by atoms with Gasteiger partial charge in [0.25, 0.3) is 0 Å². The fourth-order valence-corrected chi connectivity index (χ4v) is 6.44. The second-order valence-corrected chi connectivity index (χ2v) is 12.7. The minimum absolute atomic E-state index is 0.239. The molecule has 0 unspecified atom stereocenters. The van der Waals surface area contributed by atoms with Crippen molar-refractivity contribution in [2.45, 2.75) is 19.5 Å². The zero-order valence-corrected chi connectivity index (χ0v) is 25.8. The van der Waals surface area contributed by atoms with E-state index >= 15 is 0 Å². The van der Waals surface area contributed by atoms with Gasteiger partial charge in [0.05, 0.1) is 11.4 Å². The molecule has 1 aliphatic heterocycles. The van der Waals surface area contributed by atoms with Crippen LogP contribution in [0.1, 0.15) is 17.8 Å². The summed E-state index contributed by atoms with van der Waals surface area (Å²) in [6, 6.07) is 19.4. The molecule has 2 aromatic heterocycles. The molecule has 0 aliphatic carbocycles. The van der Waals surface area contributed by atoms with E-state index in [1.165, 1.54) is 0 Å². The van der Waals surface area contributed by atoms with Crippen molar-refractivity contribution in [2.24, 2.45) is 0 Å². The van der Waals surface area contributed by atoms with Crippen molar-refractivity contribution in [3.8, 4) is 11.5 Å². The van der Waals surface area contributed by atoms with E-state index in [1.54, 1.807) is 12.1 Å². The Balaban J connectivity index is 1.23. The van der Waals surface area contributed by atoms with Crippen LogP contribution in [0.15, 0.2) is 60.7 Å². The van der Waals surface area contributed by atoms with Crippen molar-refractivity contribution in [3.05, 3.63) is 72.1 Å². The highest BCUT2D eigenvalue weighted by Crippen LogP contribution is 2.24. The average Bonchev–Trinajstić information content (AvgIpc) is 2.98. The Morgan fingerprint density at radius 2 is 1.07 bits per heavy atom. The van der Waals surface area contributed by atoms with Gasteiger partial charge in [0, 0.05) is 74.6 Å². The summed E-state index contributed by atoms with van der Waals surface area (Å²) >= 11 is 2.00. The summed E-state index contributed by atoms with van der Waals surface area (Å²) in [5.74, 6) is 2.59. The van der Waals surface area contributed by atoms with E-state index < -0.39 is 0 Å². The van der Waals surface area contributed by atoms with Crippen molar-refractivity contribution in [3.63, 3.8) is 0 Å². The molecule has 9 heteroatoms. The first kappa shape index (κ1) is 30.5. The van der Waals surface area contributed by atoms with E-state index in [0.29, 0.717) is 11.0 Å². The van der Waals surface area contributed by atoms with Gasteiger partial charge in [-0.2, -0.15) is 11.8 Å². The summed E-state index contributed by atoms with van der Waals surface area (Å²) in [6.45, 7) is 9.69. The van der Waals surface area contributed by atoms with Crippen molar-refractivity contribution in [1.82, 2.24) is 29.6 Å². The van der Waals surface area contributed by atoms with E-state index in [1.807, 2.05) is 36.0 Å². The highest BCUT2D eigenvalue weighted by atomic mass is 32.2. The summed E-state index contributed by atoms with van der Waals surface area (Å²) in [5, 5.41) is 22.6. The van der Waals surface area contributed by atoms with Gasteiger partial charge in [0.15, 0.2) is 0 Å². The van der Waals surface area contributed by atoms with Crippen LogP contribution in [0.3, 0.4) is 0 Å². The van der Waals surface area contributed by atoms with Crippen LogP contribution < -0.4 is 0 Å². The second-order valence-electron chi connectivity index (χ2n) is 11.4. The number of thioether (sulfide) groups is 1. The third kappa shape index (κ3) is 8.55. The fourth-order valence-electron chi connectivity index (χ4n) is 5.47. The standard InChI is InChI=1S/C33H44N6O2S/c1-36-14-5-15-37(2)17-19-39(25-29-13-11-27-7-4-9-31(41)33(27)35-29)21-23-42-22-20-38(18-16-36)24-28-12-10-26-6-3-8-30(40)32(26)34-28/h3-4,6-13,40-41H,5,14-25H2,1-2H3. The topological polar surface area (TPSA) is 79.2 Å². The highest BCUT2D eigenvalue weighted by Gasteiger charge is 2.14. The van der Waals surface area contributed by atoms with E-state index in [0.717, 1.165) is 106 Å². The minimum Gasteiger partial charge on any atom is -0.506 e. The molecule has 1 aliphatic rings. The van der Waals surface area contributed by atoms with Crippen LogP contribution in [0.25, 0.3) is 21.8 Å². The number of pyridine rings is 2. The molecule has 0 atom stereocenters. The molecule has 0 radical (unpaired) electrons. The molecule has 2 N–H and O–H groups in total. The van der Waals surface area contributed by atoms with Crippen LogP contribution >= 0.6 is 11.8 Å². The molecule has 8 nitrogen and oxygen atoms in total. The average molecular weight is 589 g/mol. The normalized spacial score (nSPS) is 18.5. The Hall–Kier alpha value is -2.95. The summed E-state index contributed by atoms with van der Waals surface area (Å²) in [7, 11) is 4.44. The molecule has 5 rings (SSSR count). The van der Waals surface area contributed by atoms with Gasteiger partial charge in [0.1, 0.15) is 22.5 Å². The second kappa shape index (κ2) is 15.0. The molecule has 0 amide bonds. The first-order valence-corrected chi connectivity index (χ1v) is 16.1. The number of rotatable bonds is 4. The molecule has 4 aromatic rings.